The highest BCUT2D eigenvalue weighted by Crippen LogP contribution is 2.07. The molecule has 0 saturated heterocycles. The van der Waals surface area contributed by atoms with Gasteiger partial charge in [0.25, 0.3) is 5.91 Å². The molecule has 0 saturated carbocycles. The lowest BCUT2D eigenvalue weighted by Crippen LogP contribution is -2.36. The minimum atomic E-state index is -0.0288. The van der Waals surface area contributed by atoms with Crippen molar-refractivity contribution in [3.05, 3.63) is 22.4 Å². The summed E-state index contributed by atoms with van der Waals surface area (Å²) in [5.74, 6) is -0.0288. The maximum Gasteiger partial charge on any atom is 0.261 e. The van der Waals surface area contributed by atoms with Crippen molar-refractivity contribution in [1.82, 2.24) is 5.32 Å². The molecule has 0 aliphatic heterocycles. The van der Waals surface area contributed by atoms with Gasteiger partial charge in [0.1, 0.15) is 0 Å². The summed E-state index contributed by atoms with van der Waals surface area (Å²) < 4.78 is 0. The predicted octanol–water partition coefficient (Wildman–Crippen LogP) is 1.22. The molecule has 1 atom stereocenters. The van der Waals surface area contributed by atoms with Crippen molar-refractivity contribution in [2.75, 3.05) is 6.54 Å². The molecule has 4 heteroatoms. The molecule has 3 N–H and O–H groups in total. The Labute approximate surface area is 81.9 Å². The van der Waals surface area contributed by atoms with Crippen molar-refractivity contribution < 1.29 is 4.79 Å². The molecule has 0 aromatic carbocycles. The molecule has 1 aromatic heterocycles. The molecule has 0 fully saturated rings. The van der Waals surface area contributed by atoms with E-state index in [9.17, 15) is 4.79 Å². The summed E-state index contributed by atoms with van der Waals surface area (Å²) in [6, 6.07) is 3.72. The van der Waals surface area contributed by atoms with Crippen LogP contribution in [0.3, 0.4) is 0 Å². The third-order valence-electron chi connectivity index (χ3n) is 1.79. The van der Waals surface area contributed by atoms with Crippen molar-refractivity contribution in [1.29, 1.82) is 0 Å². The van der Waals surface area contributed by atoms with Crippen LogP contribution in [0.1, 0.15) is 23.0 Å². The minimum Gasteiger partial charge on any atom is -0.350 e. The SMILES string of the molecule is CCC(N)CNC(=O)c1cccs1. The molecular weight excluding hydrogens is 184 g/mol. The fraction of sp³-hybridized carbons (Fsp3) is 0.444. The molecule has 3 nitrogen and oxygen atoms in total. The predicted molar refractivity (Wildman–Crippen MR) is 54.9 cm³/mol. The second-order valence-corrected chi connectivity index (χ2v) is 3.80. The number of thiophene rings is 1. The lowest BCUT2D eigenvalue weighted by atomic mass is 10.2. The van der Waals surface area contributed by atoms with Gasteiger partial charge in [0.15, 0.2) is 0 Å². The van der Waals surface area contributed by atoms with Crippen LogP contribution in [0, 0.1) is 0 Å². The highest BCUT2D eigenvalue weighted by Gasteiger charge is 2.06. The topological polar surface area (TPSA) is 55.1 Å². The third kappa shape index (κ3) is 3.16. The maximum absolute atomic E-state index is 11.4. The van der Waals surface area contributed by atoms with Crippen LogP contribution >= 0.6 is 11.3 Å². The summed E-state index contributed by atoms with van der Waals surface area (Å²) in [7, 11) is 0. The minimum absolute atomic E-state index is 0.0288. The molecular formula is C9H14N2OS. The highest BCUT2D eigenvalue weighted by atomic mass is 32.1. The fourth-order valence-corrected chi connectivity index (χ4v) is 1.50. The number of nitrogens with two attached hydrogens (primary N) is 1. The molecule has 0 radical (unpaired) electrons. The summed E-state index contributed by atoms with van der Waals surface area (Å²) in [6.07, 6.45) is 0.880. The average Bonchev–Trinajstić information content (AvgIpc) is 2.66. The number of rotatable bonds is 4. The Bertz CT molecular complexity index is 259. The Balaban J connectivity index is 2.35. The van der Waals surface area contributed by atoms with Gasteiger partial charge in [-0.1, -0.05) is 13.0 Å². The van der Waals surface area contributed by atoms with E-state index in [0.717, 1.165) is 11.3 Å². The van der Waals surface area contributed by atoms with Crippen LogP contribution in [0.5, 0.6) is 0 Å². The van der Waals surface area contributed by atoms with E-state index < -0.39 is 0 Å². The Morgan fingerprint density at radius 3 is 3.08 bits per heavy atom. The first-order valence-corrected chi connectivity index (χ1v) is 5.19. The van der Waals surface area contributed by atoms with Gasteiger partial charge < -0.3 is 11.1 Å². The molecule has 0 aliphatic rings. The van der Waals surface area contributed by atoms with Crippen molar-refractivity contribution in [2.24, 2.45) is 5.73 Å². The lowest BCUT2D eigenvalue weighted by Gasteiger charge is -2.08. The van der Waals surface area contributed by atoms with E-state index in [1.54, 1.807) is 6.07 Å². The molecule has 1 heterocycles. The van der Waals surface area contributed by atoms with E-state index in [1.807, 2.05) is 18.4 Å². The van der Waals surface area contributed by atoms with E-state index in [2.05, 4.69) is 5.32 Å². The molecule has 0 bridgehead atoms. The average molecular weight is 198 g/mol. The van der Waals surface area contributed by atoms with Gasteiger partial charge in [0, 0.05) is 12.6 Å². The van der Waals surface area contributed by atoms with E-state index in [0.29, 0.717) is 6.54 Å². The molecule has 13 heavy (non-hydrogen) atoms. The standard InChI is InChI=1S/C9H14N2OS/c1-2-7(10)6-11-9(12)8-4-3-5-13-8/h3-5,7H,2,6,10H2,1H3,(H,11,12). The zero-order chi connectivity index (χ0) is 9.68. The highest BCUT2D eigenvalue weighted by molar-refractivity contribution is 7.12. The zero-order valence-electron chi connectivity index (χ0n) is 7.62. The Morgan fingerprint density at radius 2 is 2.54 bits per heavy atom. The zero-order valence-corrected chi connectivity index (χ0v) is 8.43. The monoisotopic (exact) mass is 198 g/mol. The first kappa shape index (κ1) is 10.2. The van der Waals surface area contributed by atoms with Crippen molar-refractivity contribution >= 4 is 17.2 Å². The molecule has 0 aliphatic carbocycles. The Hall–Kier alpha value is -0.870. The molecule has 1 rings (SSSR count). The second kappa shape index (κ2) is 4.99. The van der Waals surface area contributed by atoms with Crippen LogP contribution in [-0.4, -0.2) is 18.5 Å². The molecule has 1 aromatic rings. The van der Waals surface area contributed by atoms with Crippen molar-refractivity contribution in [3.8, 4) is 0 Å². The van der Waals surface area contributed by atoms with Gasteiger partial charge in [-0.15, -0.1) is 11.3 Å². The molecule has 1 amide bonds. The number of carbonyl (C=O) groups excluding carboxylic acids is 1. The van der Waals surface area contributed by atoms with Crippen LogP contribution < -0.4 is 11.1 Å². The summed E-state index contributed by atoms with van der Waals surface area (Å²) in [6.45, 7) is 2.55. The van der Waals surface area contributed by atoms with Gasteiger partial charge in [0.2, 0.25) is 0 Å². The van der Waals surface area contributed by atoms with Gasteiger partial charge in [-0.3, -0.25) is 4.79 Å². The van der Waals surface area contributed by atoms with Crippen LogP contribution in [0.15, 0.2) is 17.5 Å². The van der Waals surface area contributed by atoms with Gasteiger partial charge in [-0.2, -0.15) is 0 Å². The van der Waals surface area contributed by atoms with E-state index >= 15 is 0 Å². The smallest absolute Gasteiger partial charge is 0.261 e. The summed E-state index contributed by atoms with van der Waals surface area (Å²) in [5.41, 5.74) is 5.66. The first-order chi connectivity index (χ1) is 6.24. The van der Waals surface area contributed by atoms with Crippen LogP contribution in [0.25, 0.3) is 0 Å². The van der Waals surface area contributed by atoms with Crippen LogP contribution in [0.4, 0.5) is 0 Å². The summed E-state index contributed by atoms with van der Waals surface area (Å²) >= 11 is 1.44. The quantitative estimate of drug-likeness (QED) is 0.764. The normalized spacial score (nSPS) is 12.5. The number of carbonyl (C=O) groups is 1. The Kier molecular flexibility index (Phi) is 3.92. The maximum atomic E-state index is 11.4. The largest absolute Gasteiger partial charge is 0.350 e. The van der Waals surface area contributed by atoms with E-state index in [4.69, 9.17) is 5.73 Å². The summed E-state index contributed by atoms with van der Waals surface area (Å²) in [4.78, 5) is 12.1. The molecule has 0 spiro atoms. The van der Waals surface area contributed by atoms with Gasteiger partial charge in [0.05, 0.1) is 4.88 Å². The fourth-order valence-electron chi connectivity index (χ4n) is 0.863. The number of amides is 1. The van der Waals surface area contributed by atoms with Crippen LogP contribution in [-0.2, 0) is 0 Å². The molecule has 1 unspecified atom stereocenters. The number of nitrogens with one attached hydrogen (secondary N) is 1. The van der Waals surface area contributed by atoms with E-state index in [-0.39, 0.29) is 11.9 Å². The van der Waals surface area contributed by atoms with Gasteiger partial charge >= 0.3 is 0 Å². The van der Waals surface area contributed by atoms with Gasteiger partial charge in [-0.05, 0) is 17.9 Å². The number of hydrogen-bond acceptors (Lipinski definition) is 3. The Morgan fingerprint density at radius 1 is 1.77 bits per heavy atom. The van der Waals surface area contributed by atoms with Crippen LogP contribution in [0.2, 0.25) is 0 Å². The van der Waals surface area contributed by atoms with Gasteiger partial charge in [-0.25, -0.2) is 0 Å². The molecule has 72 valence electrons. The van der Waals surface area contributed by atoms with Crippen molar-refractivity contribution in [3.63, 3.8) is 0 Å². The van der Waals surface area contributed by atoms with E-state index in [1.165, 1.54) is 11.3 Å². The summed E-state index contributed by atoms with van der Waals surface area (Å²) in [5, 5.41) is 4.67. The second-order valence-electron chi connectivity index (χ2n) is 2.86. The van der Waals surface area contributed by atoms with Crippen molar-refractivity contribution in [2.45, 2.75) is 19.4 Å². The third-order valence-corrected chi connectivity index (χ3v) is 2.66. The lowest BCUT2D eigenvalue weighted by molar-refractivity contribution is 0.0955. The first-order valence-electron chi connectivity index (χ1n) is 4.31. The number of hydrogen-bond donors (Lipinski definition) is 2.